The smallest absolute Gasteiger partial charge is 0.0541 e. The number of benzene rings is 9. The van der Waals surface area contributed by atoms with Gasteiger partial charge in [-0.1, -0.05) is 127 Å². The molecule has 0 atom stereocenters. The molecule has 0 saturated heterocycles. The van der Waals surface area contributed by atoms with Gasteiger partial charge in [-0.2, -0.15) is 0 Å². The first-order valence-corrected chi connectivity index (χ1v) is 19.1. The van der Waals surface area contributed by atoms with Crippen LogP contribution >= 0.6 is 0 Å². The van der Waals surface area contributed by atoms with Crippen LogP contribution in [-0.4, -0.2) is 9.13 Å². The molecule has 2 nitrogen and oxygen atoms in total. The van der Waals surface area contributed by atoms with Crippen molar-refractivity contribution in [2.24, 2.45) is 0 Å². The Morgan fingerprint density at radius 1 is 0.291 bits per heavy atom. The first-order chi connectivity index (χ1) is 27.2. The van der Waals surface area contributed by atoms with Gasteiger partial charge in [-0.25, -0.2) is 0 Å². The van der Waals surface area contributed by atoms with Crippen molar-refractivity contribution < 1.29 is 0 Å². The van der Waals surface area contributed by atoms with Gasteiger partial charge in [-0.05, 0) is 128 Å². The minimum atomic E-state index is 1.01. The van der Waals surface area contributed by atoms with Crippen LogP contribution < -0.4 is 0 Å². The number of aromatic nitrogens is 2. The summed E-state index contributed by atoms with van der Waals surface area (Å²) in [7, 11) is 0. The Bertz CT molecular complexity index is 3340. The molecule has 0 bridgehead atoms. The third kappa shape index (κ3) is 4.62. The number of nitrogens with zero attached hydrogens (tertiary/aromatic N) is 2. The zero-order valence-electron chi connectivity index (χ0n) is 30.1. The molecule has 0 amide bonds. The van der Waals surface area contributed by atoms with Crippen molar-refractivity contribution in [1.82, 2.24) is 9.13 Å². The van der Waals surface area contributed by atoms with Crippen molar-refractivity contribution >= 4 is 54.4 Å². The molecular weight excluding hydrogens is 665 g/mol. The van der Waals surface area contributed by atoms with Crippen LogP contribution in [0.1, 0.15) is 11.1 Å². The van der Waals surface area contributed by atoms with E-state index in [0.29, 0.717) is 0 Å². The fourth-order valence-electron chi connectivity index (χ4n) is 9.31. The number of fused-ring (bicyclic) bond motifs is 10. The molecule has 0 radical (unpaired) electrons. The van der Waals surface area contributed by atoms with E-state index in [9.17, 15) is 0 Å². The van der Waals surface area contributed by atoms with Crippen molar-refractivity contribution in [2.45, 2.75) is 6.42 Å². The second-order valence-corrected chi connectivity index (χ2v) is 15.0. The van der Waals surface area contributed by atoms with Crippen molar-refractivity contribution in [3.05, 3.63) is 205 Å². The highest BCUT2D eigenvalue weighted by Gasteiger charge is 2.19. The van der Waals surface area contributed by atoms with Crippen LogP contribution in [0.4, 0.5) is 0 Å². The summed E-state index contributed by atoms with van der Waals surface area (Å²) in [5.41, 5.74) is 17.8. The Morgan fingerprint density at radius 2 is 0.800 bits per heavy atom. The third-order valence-electron chi connectivity index (χ3n) is 11.9. The van der Waals surface area contributed by atoms with Gasteiger partial charge in [0.05, 0.1) is 22.1 Å². The van der Waals surface area contributed by atoms with Crippen LogP contribution in [-0.2, 0) is 6.42 Å². The highest BCUT2D eigenvalue weighted by atomic mass is 15.0. The average molecular weight is 699 g/mol. The van der Waals surface area contributed by atoms with Gasteiger partial charge in [-0.3, -0.25) is 0 Å². The van der Waals surface area contributed by atoms with Gasteiger partial charge < -0.3 is 9.13 Å². The Labute approximate surface area is 318 Å². The summed E-state index contributed by atoms with van der Waals surface area (Å²) in [5.74, 6) is 0. The van der Waals surface area contributed by atoms with E-state index in [2.05, 4.69) is 203 Å². The summed E-state index contributed by atoms with van der Waals surface area (Å²) in [6.45, 7) is 0. The minimum Gasteiger partial charge on any atom is -0.309 e. The molecule has 12 rings (SSSR count). The molecule has 0 aliphatic heterocycles. The molecule has 11 aromatic rings. The van der Waals surface area contributed by atoms with Crippen molar-refractivity contribution in [1.29, 1.82) is 0 Å². The third-order valence-corrected chi connectivity index (χ3v) is 11.9. The lowest BCUT2D eigenvalue weighted by atomic mass is 9.97. The topological polar surface area (TPSA) is 9.86 Å². The Morgan fingerprint density at radius 3 is 1.55 bits per heavy atom. The van der Waals surface area contributed by atoms with Crippen LogP contribution in [0.5, 0.6) is 0 Å². The molecule has 1 aliphatic carbocycles. The van der Waals surface area contributed by atoms with Gasteiger partial charge in [0.2, 0.25) is 0 Å². The summed E-state index contributed by atoms with van der Waals surface area (Å²) >= 11 is 0. The number of rotatable bonds is 4. The van der Waals surface area contributed by atoms with Crippen LogP contribution in [0, 0.1) is 0 Å². The Kier molecular flexibility index (Phi) is 6.43. The van der Waals surface area contributed by atoms with Crippen LogP contribution in [0.15, 0.2) is 194 Å². The molecule has 0 fully saturated rings. The number of para-hydroxylation sites is 3. The molecule has 0 spiro atoms. The standard InChI is InChI=1S/C53H34N2/c1-2-11-42(12-3-1)54-50-16-8-6-14-46(50)48-32-38(22-26-52(48)54)39-23-27-53-49(33-39)47-15-7-9-17-51(47)55(53)43-24-20-35-28-34(18-19-37(35)31-43)36-21-25-45-41(29-36)30-40-10-4-5-13-44(40)45/h1-29,31-33H,30H2. The van der Waals surface area contributed by atoms with Gasteiger partial charge >= 0.3 is 0 Å². The first-order valence-electron chi connectivity index (χ1n) is 19.1. The summed E-state index contributed by atoms with van der Waals surface area (Å²) in [5, 5.41) is 7.53. The molecule has 2 aromatic heterocycles. The summed E-state index contributed by atoms with van der Waals surface area (Å²) < 4.78 is 4.80. The summed E-state index contributed by atoms with van der Waals surface area (Å²) in [6.07, 6.45) is 1.01. The summed E-state index contributed by atoms with van der Waals surface area (Å²) in [6, 6.07) is 71.7. The van der Waals surface area contributed by atoms with Crippen LogP contribution in [0.2, 0.25) is 0 Å². The lowest BCUT2D eigenvalue weighted by Gasteiger charge is -2.11. The fourth-order valence-corrected chi connectivity index (χ4v) is 9.31. The first kappa shape index (κ1) is 30.3. The lowest BCUT2D eigenvalue weighted by Crippen LogP contribution is -1.94. The van der Waals surface area contributed by atoms with E-state index in [-0.39, 0.29) is 0 Å². The molecule has 2 heteroatoms. The largest absolute Gasteiger partial charge is 0.309 e. The molecule has 9 aromatic carbocycles. The second-order valence-electron chi connectivity index (χ2n) is 15.0. The SMILES string of the molecule is c1ccc(-n2c3ccccc3c3cc(-c4ccc5c(c4)c4ccccc4n5-c4ccc5cc(-c6ccc7c(c6)Cc6ccccc6-7)ccc5c4)ccc32)cc1. The van der Waals surface area contributed by atoms with E-state index in [4.69, 9.17) is 0 Å². The van der Waals surface area contributed by atoms with Gasteiger partial charge in [-0.15, -0.1) is 0 Å². The van der Waals surface area contributed by atoms with Crippen LogP contribution in [0.3, 0.4) is 0 Å². The van der Waals surface area contributed by atoms with E-state index in [1.54, 1.807) is 0 Å². The molecule has 2 heterocycles. The predicted molar refractivity (Wildman–Crippen MR) is 232 cm³/mol. The van der Waals surface area contributed by atoms with E-state index >= 15 is 0 Å². The Balaban J connectivity index is 0.942. The molecule has 0 saturated carbocycles. The monoisotopic (exact) mass is 698 g/mol. The normalized spacial score (nSPS) is 12.3. The van der Waals surface area contributed by atoms with Gasteiger partial charge in [0.25, 0.3) is 0 Å². The minimum absolute atomic E-state index is 1.01. The number of hydrogen-bond donors (Lipinski definition) is 0. The quantitative estimate of drug-likeness (QED) is 0.173. The van der Waals surface area contributed by atoms with Crippen molar-refractivity contribution in [3.8, 4) is 44.8 Å². The van der Waals surface area contributed by atoms with E-state index < -0.39 is 0 Å². The molecule has 0 unspecified atom stereocenters. The molecule has 0 N–H and O–H groups in total. The Hall–Kier alpha value is -7.16. The zero-order valence-corrected chi connectivity index (χ0v) is 30.1. The fraction of sp³-hybridized carbons (Fsp3) is 0.0189. The maximum absolute atomic E-state index is 2.43. The molecule has 1 aliphatic rings. The van der Waals surface area contributed by atoms with Gasteiger partial charge in [0.15, 0.2) is 0 Å². The average Bonchev–Trinajstić information content (AvgIpc) is 3.90. The van der Waals surface area contributed by atoms with E-state index in [0.717, 1.165) is 6.42 Å². The van der Waals surface area contributed by atoms with Crippen LogP contribution in [0.25, 0.3) is 99.1 Å². The van der Waals surface area contributed by atoms with E-state index in [1.807, 2.05) is 0 Å². The van der Waals surface area contributed by atoms with E-state index in [1.165, 1.54) is 110 Å². The highest BCUT2D eigenvalue weighted by molar-refractivity contribution is 6.13. The summed E-state index contributed by atoms with van der Waals surface area (Å²) in [4.78, 5) is 0. The maximum Gasteiger partial charge on any atom is 0.0541 e. The number of hydrogen-bond acceptors (Lipinski definition) is 0. The molecule has 256 valence electrons. The highest BCUT2D eigenvalue weighted by Crippen LogP contribution is 2.41. The maximum atomic E-state index is 2.43. The van der Waals surface area contributed by atoms with Crippen molar-refractivity contribution in [2.75, 3.05) is 0 Å². The van der Waals surface area contributed by atoms with Crippen molar-refractivity contribution in [3.63, 3.8) is 0 Å². The van der Waals surface area contributed by atoms with Gasteiger partial charge in [0, 0.05) is 32.9 Å². The van der Waals surface area contributed by atoms with Gasteiger partial charge in [0.1, 0.15) is 0 Å². The molecule has 55 heavy (non-hydrogen) atoms. The predicted octanol–water partition coefficient (Wildman–Crippen LogP) is 13.9. The molecular formula is C53H34N2. The lowest BCUT2D eigenvalue weighted by molar-refractivity contribution is 1.18. The second kappa shape index (κ2) is 11.7. The zero-order chi connectivity index (χ0) is 36.0.